The van der Waals surface area contributed by atoms with Crippen LogP contribution in [0.2, 0.25) is 0 Å². The Bertz CT molecular complexity index is 968. The number of aliphatic hydroxyl groups excluding tert-OH is 1. The molecule has 1 saturated heterocycles. The molecular formula is C17H18N4O3S2. The first kappa shape index (κ1) is 18.6. The predicted octanol–water partition coefficient (Wildman–Crippen LogP) is 1.71. The van der Waals surface area contributed by atoms with Gasteiger partial charge in [-0.05, 0) is 32.1 Å². The molecule has 0 spiro atoms. The fourth-order valence-electron chi connectivity index (χ4n) is 2.60. The number of aliphatic hydroxyl groups is 1. The first-order chi connectivity index (χ1) is 12.4. The number of thioether (sulfide) groups is 1. The Morgan fingerprint density at radius 2 is 2.15 bits per heavy atom. The van der Waals surface area contributed by atoms with Crippen LogP contribution in [0.3, 0.4) is 0 Å². The summed E-state index contributed by atoms with van der Waals surface area (Å²) in [4.78, 5) is 31.9. The number of hydrogen-bond donors (Lipinski definition) is 2. The van der Waals surface area contributed by atoms with Gasteiger partial charge in [-0.25, -0.2) is 4.98 Å². The van der Waals surface area contributed by atoms with Crippen molar-refractivity contribution in [3.05, 3.63) is 45.2 Å². The Labute approximate surface area is 159 Å². The van der Waals surface area contributed by atoms with Gasteiger partial charge in [-0.15, -0.1) is 0 Å². The normalized spacial score (nSPS) is 16.3. The van der Waals surface area contributed by atoms with Gasteiger partial charge in [-0.1, -0.05) is 30.0 Å². The van der Waals surface area contributed by atoms with E-state index in [0.717, 1.165) is 0 Å². The van der Waals surface area contributed by atoms with Crippen LogP contribution >= 0.6 is 24.0 Å². The highest BCUT2D eigenvalue weighted by molar-refractivity contribution is 8.26. The second-order valence-corrected chi connectivity index (χ2v) is 7.58. The molecule has 1 aliphatic heterocycles. The molecule has 7 nitrogen and oxygen atoms in total. The molecule has 1 fully saturated rings. The second-order valence-electron chi connectivity index (χ2n) is 5.90. The molecule has 26 heavy (non-hydrogen) atoms. The Balaban J connectivity index is 2.14. The van der Waals surface area contributed by atoms with Crippen molar-refractivity contribution in [1.82, 2.24) is 14.3 Å². The van der Waals surface area contributed by atoms with Gasteiger partial charge in [-0.2, -0.15) is 0 Å². The smallest absolute Gasteiger partial charge is 0.267 e. The first-order valence-corrected chi connectivity index (χ1v) is 9.29. The molecule has 2 N–H and O–H groups in total. The standard InChI is InChI=1S/C17H18N4O3S2/c1-10(2)21-16(24)12(26-17(21)25)9-11-14(18-6-8-22)19-13-5-3-4-7-20(13)15(11)23/h3-5,7,9-10,18,22H,6,8H2,1-2H3/b12-9+. The van der Waals surface area contributed by atoms with Gasteiger partial charge < -0.3 is 10.4 Å². The number of carbonyl (C=O) groups excluding carboxylic acids is 1. The van der Waals surface area contributed by atoms with E-state index in [4.69, 9.17) is 17.3 Å². The third-order valence-electron chi connectivity index (χ3n) is 3.79. The van der Waals surface area contributed by atoms with Crippen LogP contribution in [0, 0.1) is 0 Å². The van der Waals surface area contributed by atoms with E-state index in [0.29, 0.717) is 20.7 Å². The fraction of sp³-hybridized carbons (Fsp3) is 0.294. The summed E-state index contributed by atoms with van der Waals surface area (Å²) in [6.07, 6.45) is 3.15. The Kier molecular flexibility index (Phi) is 5.40. The van der Waals surface area contributed by atoms with E-state index in [1.54, 1.807) is 24.4 Å². The largest absolute Gasteiger partial charge is 0.395 e. The maximum atomic E-state index is 12.9. The Hall–Kier alpha value is -2.23. The lowest BCUT2D eigenvalue weighted by atomic mass is 10.2. The number of nitrogens with one attached hydrogen (secondary N) is 1. The minimum absolute atomic E-state index is 0.0591. The molecular weight excluding hydrogens is 372 g/mol. The summed E-state index contributed by atoms with van der Waals surface area (Å²) in [7, 11) is 0. The average Bonchev–Trinajstić information content (AvgIpc) is 2.89. The van der Waals surface area contributed by atoms with Crippen LogP contribution in [0.25, 0.3) is 11.7 Å². The molecule has 0 radical (unpaired) electrons. The van der Waals surface area contributed by atoms with Crippen LogP contribution in [0.1, 0.15) is 19.4 Å². The molecule has 2 aromatic heterocycles. The van der Waals surface area contributed by atoms with Gasteiger partial charge in [0.05, 0.1) is 17.1 Å². The number of rotatable bonds is 5. The van der Waals surface area contributed by atoms with Crippen molar-refractivity contribution >= 4 is 51.7 Å². The molecule has 0 aliphatic carbocycles. The summed E-state index contributed by atoms with van der Waals surface area (Å²) in [6, 6.07) is 5.17. The summed E-state index contributed by atoms with van der Waals surface area (Å²) >= 11 is 6.45. The third-order valence-corrected chi connectivity index (χ3v) is 5.12. The second kappa shape index (κ2) is 7.56. The van der Waals surface area contributed by atoms with Crippen LogP contribution in [-0.4, -0.2) is 48.8 Å². The molecule has 1 aliphatic rings. The molecule has 3 heterocycles. The van der Waals surface area contributed by atoms with E-state index in [2.05, 4.69) is 10.3 Å². The van der Waals surface area contributed by atoms with Crippen molar-refractivity contribution in [2.24, 2.45) is 0 Å². The number of nitrogens with zero attached hydrogens (tertiary/aromatic N) is 3. The number of pyridine rings is 1. The Morgan fingerprint density at radius 3 is 2.81 bits per heavy atom. The maximum absolute atomic E-state index is 12.9. The van der Waals surface area contributed by atoms with Crippen LogP contribution in [-0.2, 0) is 4.79 Å². The first-order valence-electron chi connectivity index (χ1n) is 8.07. The molecule has 1 amide bonds. The van der Waals surface area contributed by atoms with Gasteiger partial charge in [-0.3, -0.25) is 18.9 Å². The monoisotopic (exact) mass is 390 g/mol. The minimum atomic E-state index is -0.300. The van der Waals surface area contributed by atoms with Gasteiger partial charge >= 0.3 is 0 Å². The van der Waals surface area contributed by atoms with Crippen molar-refractivity contribution in [3.8, 4) is 0 Å². The number of thiocarbonyl (C=S) groups is 1. The van der Waals surface area contributed by atoms with Gasteiger partial charge in [0.25, 0.3) is 11.5 Å². The molecule has 9 heteroatoms. The molecule has 0 bridgehead atoms. The summed E-state index contributed by atoms with van der Waals surface area (Å²) in [6.45, 7) is 3.90. The van der Waals surface area contributed by atoms with E-state index in [1.807, 2.05) is 13.8 Å². The quantitative estimate of drug-likeness (QED) is 0.594. The van der Waals surface area contributed by atoms with E-state index in [9.17, 15) is 9.59 Å². The van der Waals surface area contributed by atoms with Crippen molar-refractivity contribution < 1.29 is 9.90 Å². The molecule has 2 aromatic rings. The number of aromatic nitrogens is 2. The number of anilines is 1. The van der Waals surface area contributed by atoms with Crippen LogP contribution < -0.4 is 10.9 Å². The van der Waals surface area contributed by atoms with E-state index >= 15 is 0 Å². The van der Waals surface area contributed by atoms with Gasteiger partial charge in [0.1, 0.15) is 15.8 Å². The van der Waals surface area contributed by atoms with Crippen LogP contribution in [0.5, 0.6) is 0 Å². The van der Waals surface area contributed by atoms with Gasteiger partial charge in [0.15, 0.2) is 0 Å². The highest BCUT2D eigenvalue weighted by Gasteiger charge is 2.34. The molecule has 0 aromatic carbocycles. The Morgan fingerprint density at radius 1 is 1.38 bits per heavy atom. The number of amides is 1. The molecule has 136 valence electrons. The summed E-state index contributed by atoms with van der Waals surface area (Å²) in [5, 5.41) is 12.0. The lowest BCUT2D eigenvalue weighted by Gasteiger charge is -2.18. The van der Waals surface area contributed by atoms with Crippen molar-refractivity contribution in [2.75, 3.05) is 18.5 Å². The summed E-state index contributed by atoms with van der Waals surface area (Å²) in [5.74, 6) is 0.103. The van der Waals surface area contributed by atoms with Gasteiger partial charge in [0, 0.05) is 18.8 Å². The highest BCUT2D eigenvalue weighted by atomic mass is 32.2. The number of hydrogen-bond acceptors (Lipinski definition) is 7. The van der Waals surface area contributed by atoms with Crippen LogP contribution in [0.15, 0.2) is 34.1 Å². The number of carbonyl (C=O) groups is 1. The lowest BCUT2D eigenvalue weighted by Crippen LogP contribution is -2.34. The topological polar surface area (TPSA) is 86.9 Å². The van der Waals surface area contributed by atoms with Crippen molar-refractivity contribution in [3.63, 3.8) is 0 Å². The minimum Gasteiger partial charge on any atom is -0.395 e. The molecule has 0 unspecified atom stereocenters. The van der Waals surface area contributed by atoms with E-state index < -0.39 is 0 Å². The molecule has 3 rings (SSSR count). The molecule has 0 saturated carbocycles. The zero-order valence-corrected chi connectivity index (χ0v) is 15.9. The molecule has 0 atom stereocenters. The van der Waals surface area contributed by atoms with Gasteiger partial charge in [0.2, 0.25) is 0 Å². The summed E-state index contributed by atoms with van der Waals surface area (Å²) < 4.78 is 1.88. The summed E-state index contributed by atoms with van der Waals surface area (Å²) in [5.41, 5.74) is 0.432. The zero-order chi connectivity index (χ0) is 18.8. The number of fused-ring (bicyclic) bond motifs is 1. The average molecular weight is 390 g/mol. The maximum Gasteiger partial charge on any atom is 0.267 e. The SMILES string of the molecule is CC(C)N1C(=O)/C(=C\c2c(NCCO)nc3ccccn3c2=O)SC1=S. The fourth-order valence-corrected chi connectivity index (χ4v) is 4.10. The van der Waals surface area contributed by atoms with Crippen LogP contribution in [0.4, 0.5) is 5.82 Å². The van der Waals surface area contributed by atoms with E-state index in [1.165, 1.54) is 27.1 Å². The zero-order valence-electron chi connectivity index (χ0n) is 14.3. The van der Waals surface area contributed by atoms with E-state index in [-0.39, 0.29) is 36.2 Å². The van der Waals surface area contributed by atoms with Crippen molar-refractivity contribution in [1.29, 1.82) is 0 Å². The van der Waals surface area contributed by atoms with Crippen molar-refractivity contribution in [2.45, 2.75) is 19.9 Å². The lowest BCUT2D eigenvalue weighted by molar-refractivity contribution is -0.123. The predicted molar refractivity (Wildman–Crippen MR) is 107 cm³/mol. The third kappa shape index (κ3) is 3.37. The highest BCUT2D eigenvalue weighted by Crippen LogP contribution is 2.34.